The summed E-state index contributed by atoms with van der Waals surface area (Å²) in [5, 5.41) is 8.87. The van der Waals surface area contributed by atoms with E-state index in [0.29, 0.717) is 5.75 Å². The van der Waals surface area contributed by atoms with Gasteiger partial charge in [-0.15, -0.1) is 0 Å². The van der Waals surface area contributed by atoms with E-state index < -0.39 is 11.5 Å². The highest BCUT2D eigenvalue weighted by Gasteiger charge is 2.27. The van der Waals surface area contributed by atoms with Crippen molar-refractivity contribution in [3.63, 3.8) is 0 Å². The SMILES string of the molecule is CC(C)(C)N(CC(=O)O)C(=O)CCOc1ccccc1. The minimum Gasteiger partial charge on any atom is -0.493 e. The lowest BCUT2D eigenvalue weighted by molar-refractivity contribution is -0.148. The summed E-state index contributed by atoms with van der Waals surface area (Å²) in [7, 11) is 0. The second kappa shape index (κ2) is 6.93. The maximum atomic E-state index is 12.1. The molecule has 0 bridgehead atoms. The molecule has 0 saturated carbocycles. The first-order chi connectivity index (χ1) is 9.30. The number of amides is 1. The maximum Gasteiger partial charge on any atom is 0.323 e. The summed E-state index contributed by atoms with van der Waals surface area (Å²) >= 11 is 0. The molecule has 5 nitrogen and oxygen atoms in total. The molecule has 0 heterocycles. The Labute approximate surface area is 119 Å². The molecular weight excluding hydrogens is 258 g/mol. The number of hydrogen-bond acceptors (Lipinski definition) is 3. The van der Waals surface area contributed by atoms with Crippen LogP contribution in [0.2, 0.25) is 0 Å². The van der Waals surface area contributed by atoms with E-state index in [0.717, 1.165) is 0 Å². The molecule has 0 aliphatic rings. The number of carboxylic acids is 1. The molecule has 5 heteroatoms. The number of carbonyl (C=O) groups is 2. The smallest absolute Gasteiger partial charge is 0.323 e. The normalized spacial score (nSPS) is 10.9. The van der Waals surface area contributed by atoms with E-state index in [-0.39, 0.29) is 25.5 Å². The monoisotopic (exact) mass is 279 g/mol. The number of rotatable bonds is 6. The number of aliphatic carboxylic acids is 1. The Morgan fingerprint density at radius 3 is 2.30 bits per heavy atom. The van der Waals surface area contributed by atoms with E-state index in [4.69, 9.17) is 9.84 Å². The van der Waals surface area contributed by atoms with Gasteiger partial charge in [0.15, 0.2) is 0 Å². The molecule has 0 aliphatic heterocycles. The number of ether oxygens (including phenoxy) is 1. The van der Waals surface area contributed by atoms with Crippen LogP contribution in [0.15, 0.2) is 30.3 Å². The van der Waals surface area contributed by atoms with Crippen LogP contribution in [0.25, 0.3) is 0 Å². The summed E-state index contributed by atoms with van der Waals surface area (Å²) in [4.78, 5) is 24.3. The van der Waals surface area contributed by atoms with E-state index >= 15 is 0 Å². The average molecular weight is 279 g/mol. The fraction of sp³-hybridized carbons (Fsp3) is 0.467. The summed E-state index contributed by atoms with van der Waals surface area (Å²) in [6.07, 6.45) is 0.152. The molecule has 1 N–H and O–H groups in total. The molecule has 0 unspecified atom stereocenters. The third-order valence-corrected chi connectivity index (χ3v) is 2.73. The zero-order valence-electron chi connectivity index (χ0n) is 12.1. The van der Waals surface area contributed by atoms with Gasteiger partial charge in [-0.3, -0.25) is 9.59 Å². The third-order valence-electron chi connectivity index (χ3n) is 2.73. The molecule has 0 aliphatic carbocycles. The molecule has 1 rings (SSSR count). The topological polar surface area (TPSA) is 66.8 Å². The van der Waals surface area contributed by atoms with Gasteiger partial charge in [0, 0.05) is 5.54 Å². The quantitative estimate of drug-likeness (QED) is 0.866. The van der Waals surface area contributed by atoms with Crippen molar-refractivity contribution >= 4 is 11.9 Å². The molecule has 1 aromatic rings. The molecule has 0 atom stereocenters. The van der Waals surface area contributed by atoms with Crippen LogP contribution in [-0.2, 0) is 9.59 Å². The average Bonchev–Trinajstić information content (AvgIpc) is 2.35. The van der Waals surface area contributed by atoms with Gasteiger partial charge < -0.3 is 14.7 Å². The molecule has 0 radical (unpaired) electrons. The minimum atomic E-state index is -1.02. The Balaban J connectivity index is 2.52. The Hall–Kier alpha value is -2.04. The number of benzene rings is 1. The van der Waals surface area contributed by atoms with Crippen molar-refractivity contribution in [1.29, 1.82) is 0 Å². The first-order valence-electron chi connectivity index (χ1n) is 6.51. The zero-order chi connectivity index (χ0) is 15.2. The lowest BCUT2D eigenvalue weighted by Gasteiger charge is -2.34. The van der Waals surface area contributed by atoms with Crippen molar-refractivity contribution in [3.05, 3.63) is 30.3 Å². The third kappa shape index (κ3) is 5.30. The molecule has 110 valence electrons. The number of carbonyl (C=O) groups excluding carboxylic acids is 1. The zero-order valence-corrected chi connectivity index (χ0v) is 12.1. The van der Waals surface area contributed by atoms with Crippen LogP contribution >= 0.6 is 0 Å². The van der Waals surface area contributed by atoms with E-state index in [2.05, 4.69) is 0 Å². The Kier molecular flexibility index (Phi) is 5.55. The molecule has 0 fully saturated rings. The van der Waals surface area contributed by atoms with Crippen LogP contribution < -0.4 is 4.74 Å². The summed E-state index contributed by atoms with van der Waals surface area (Å²) < 4.78 is 5.45. The molecule has 20 heavy (non-hydrogen) atoms. The second-order valence-corrected chi connectivity index (χ2v) is 5.46. The highest BCUT2D eigenvalue weighted by Crippen LogP contribution is 2.15. The summed E-state index contributed by atoms with van der Waals surface area (Å²) in [5.41, 5.74) is -0.526. The van der Waals surface area contributed by atoms with Crippen LogP contribution in [0.1, 0.15) is 27.2 Å². The van der Waals surface area contributed by atoms with E-state index in [9.17, 15) is 9.59 Å². The summed E-state index contributed by atoms with van der Waals surface area (Å²) in [6, 6.07) is 9.20. The standard InChI is InChI=1S/C15H21NO4/c1-15(2,3)16(11-14(18)19)13(17)9-10-20-12-7-5-4-6-8-12/h4-8H,9-11H2,1-3H3,(H,18,19). The van der Waals surface area contributed by atoms with Crippen molar-refractivity contribution in [3.8, 4) is 5.75 Å². The van der Waals surface area contributed by atoms with Crippen LogP contribution in [0.3, 0.4) is 0 Å². The van der Waals surface area contributed by atoms with Gasteiger partial charge in [-0.25, -0.2) is 0 Å². The molecule has 1 amide bonds. The van der Waals surface area contributed by atoms with E-state index in [1.165, 1.54) is 4.90 Å². The van der Waals surface area contributed by atoms with Gasteiger partial charge in [0.1, 0.15) is 12.3 Å². The number of para-hydroxylation sites is 1. The Morgan fingerprint density at radius 2 is 1.80 bits per heavy atom. The second-order valence-electron chi connectivity index (χ2n) is 5.46. The first kappa shape index (κ1) is 16.0. The van der Waals surface area contributed by atoms with Gasteiger partial charge in [-0.05, 0) is 32.9 Å². The maximum absolute atomic E-state index is 12.1. The highest BCUT2D eigenvalue weighted by atomic mass is 16.5. The predicted molar refractivity (Wildman–Crippen MR) is 75.7 cm³/mol. The lowest BCUT2D eigenvalue weighted by Crippen LogP contribution is -2.48. The first-order valence-corrected chi connectivity index (χ1v) is 6.51. The van der Waals surface area contributed by atoms with Crippen molar-refractivity contribution in [1.82, 2.24) is 4.90 Å². The Bertz CT molecular complexity index is 451. The van der Waals surface area contributed by atoms with Crippen molar-refractivity contribution in [2.45, 2.75) is 32.7 Å². The lowest BCUT2D eigenvalue weighted by atomic mass is 10.1. The minimum absolute atomic E-state index is 0.152. The van der Waals surface area contributed by atoms with Gasteiger partial charge in [0.05, 0.1) is 13.0 Å². The van der Waals surface area contributed by atoms with Crippen LogP contribution in [0.4, 0.5) is 0 Å². The van der Waals surface area contributed by atoms with Gasteiger partial charge >= 0.3 is 5.97 Å². The van der Waals surface area contributed by atoms with Gasteiger partial charge in [-0.1, -0.05) is 18.2 Å². The number of nitrogens with zero attached hydrogens (tertiary/aromatic N) is 1. The van der Waals surface area contributed by atoms with Crippen LogP contribution in [-0.4, -0.2) is 40.6 Å². The van der Waals surface area contributed by atoms with Crippen molar-refractivity contribution < 1.29 is 19.4 Å². The van der Waals surface area contributed by atoms with Gasteiger partial charge in [0.2, 0.25) is 5.91 Å². The molecule has 0 aromatic heterocycles. The molecular formula is C15H21NO4. The largest absolute Gasteiger partial charge is 0.493 e. The van der Waals surface area contributed by atoms with Gasteiger partial charge in [0.25, 0.3) is 0 Å². The predicted octanol–water partition coefficient (Wildman–Crippen LogP) is 2.17. The summed E-state index contributed by atoms with van der Waals surface area (Å²) in [5.74, 6) is -0.547. The molecule has 0 saturated heterocycles. The van der Waals surface area contributed by atoms with Crippen molar-refractivity contribution in [2.75, 3.05) is 13.2 Å². The molecule has 0 spiro atoms. The molecule has 1 aromatic carbocycles. The van der Waals surface area contributed by atoms with Crippen molar-refractivity contribution in [2.24, 2.45) is 0 Å². The van der Waals surface area contributed by atoms with Crippen LogP contribution in [0.5, 0.6) is 5.75 Å². The number of carboxylic acid groups (broad SMARTS) is 1. The van der Waals surface area contributed by atoms with E-state index in [1.54, 1.807) is 0 Å². The fourth-order valence-corrected chi connectivity index (χ4v) is 1.74. The van der Waals surface area contributed by atoms with Gasteiger partial charge in [-0.2, -0.15) is 0 Å². The summed E-state index contributed by atoms with van der Waals surface area (Å²) in [6.45, 7) is 5.37. The van der Waals surface area contributed by atoms with Crippen LogP contribution in [0, 0.1) is 0 Å². The highest BCUT2D eigenvalue weighted by molar-refractivity contribution is 5.82. The number of hydrogen-bond donors (Lipinski definition) is 1. The fourth-order valence-electron chi connectivity index (χ4n) is 1.74. The van der Waals surface area contributed by atoms with E-state index in [1.807, 2.05) is 51.1 Å². The Morgan fingerprint density at radius 1 is 1.20 bits per heavy atom.